The molecule has 0 aromatic rings. The third kappa shape index (κ3) is 37.1. The third-order valence-corrected chi connectivity index (χ3v) is 31.8. The van der Waals surface area contributed by atoms with E-state index in [0.29, 0.717) is 65.3 Å². The van der Waals surface area contributed by atoms with Crippen molar-refractivity contribution >= 4 is 59.7 Å². The van der Waals surface area contributed by atoms with Gasteiger partial charge in [-0.1, -0.05) is 144 Å². The fourth-order valence-corrected chi connectivity index (χ4v) is 18.7. The molecule has 0 N–H and O–H groups in total. The molecule has 0 bridgehead atoms. The molecule has 0 radical (unpaired) electrons. The van der Waals surface area contributed by atoms with Crippen LogP contribution >= 0.6 is 0 Å². The Labute approximate surface area is 819 Å². The van der Waals surface area contributed by atoms with Crippen molar-refractivity contribution in [3.8, 4) is 0 Å². The monoisotopic (exact) mass is 1920 g/mol. The lowest BCUT2D eigenvalue weighted by atomic mass is 9.67. The average molecular weight is 1920 g/mol. The first kappa shape index (κ1) is 127. The minimum Gasteiger partial charge on any atom is -0.465 e. The Kier molecular flexibility index (Phi) is 52.7. The minimum absolute atomic E-state index is 0.0638. The van der Waals surface area contributed by atoms with Crippen LogP contribution in [0.25, 0.3) is 0 Å². The maximum Gasteiger partial charge on any atom is 0.344 e. The molecule has 790 valence electrons. The van der Waals surface area contributed by atoms with E-state index in [2.05, 4.69) is 83.1 Å². The molecule has 6 aliphatic rings. The highest BCUT2D eigenvalue weighted by Crippen LogP contribution is 2.53. The van der Waals surface area contributed by atoms with E-state index in [1.807, 2.05) is 111 Å². The summed E-state index contributed by atoms with van der Waals surface area (Å²) in [6, 6.07) is 0. The van der Waals surface area contributed by atoms with Crippen LogP contribution in [-0.2, 0) is 124 Å². The summed E-state index contributed by atoms with van der Waals surface area (Å²) >= 11 is 0. The van der Waals surface area contributed by atoms with Gasteiger partial charge in [0.25, 0.3) is 0 Å². The van der Waals surface area contributed by atoms with Crippen LogP contribution in [0.2, 0.25) is 0 Å². The predicted octanol–water partition coefficient (Wildman–Crippen LogP) is 23.8. The smallest absolute Gasteiger partial charge is 0.344 e. The van der Waals surface area contributed by atoms with E-state index in [0.717, 1.165) is 173 Å². The Morgan fingerprint density at radius 2 is 0.348 bits per heavy atom. The Bertz CT molecular complexity index is 3550. The van der Waals surface area contributed by atoms with Crippen LogP contribution in [0.1, 0.15) is 432 Å². The van der Waals surface area contributed by atoms with Gasteiger partial charge in [-0.05, 0) is 276 Å². The fourth-order valence-electron chi connectivity index (χ4n) is 18.7. The van der Waals surface area contributed by atoms with Crippen molar-refractivity contribution in [2.24, 2.45) is 65.0 Å². The summed E-state index contributed by atoms with van der Waals surface area (Å²) in [6.45, 7) is 62.3. The lowest BCUT2D eigenvalue weighted by molar-refractivity contribution is -0.197. The fraction of sp³-hybridized carbons (Fsp3) is 0.908. The van der Waals surface area contributed by atoms with Gasteiger partial charge in [0.15, 0.2) is 13.2 Å². The van der Waals surface area contributed by atoms with E-state index in [9.17, 15) is 47.9 Å². The Morgan fingerprint density at radius 3 is 0.519 bits per heavy atom. The van der Waals surface area contributed by atoms with Crippen LogP contribution in [0.4, 0.5) is 0 Å². The van der Waals surface area contributed by atoms with Crippen molar-refractivity contribution in [2.45, 2.75) is 466 Å². The number of rotatable bonds is 46. The molecular formula is C109H198O26. The molecule has 0 aromatic carbocycles. The van der Waals surface area contributed by atoms with Gasteiger partial charge in [0.1, 0.15) is 46.8 Å². The average Bonchev–Trinajstić information content (AvgIpc) is 0.777. The van der Waals surface area contributed by atoms with Crippen molar-refractivity contribution in [3.05, 3.63) is 0 Å². The molecule has 6 fully saturated rings. The van der Waals surface area contributed by atoms with Crippen LogP contribution in [0.3, 0.4) is 0 Å². The molecule has 0 aliphatic heterocycles. The van der Waals surface area contributed by atoms with Gasteiger partial charge in [-0.25, -0.2) is 9.59 Å². The topological polar surface area (TPSA) is 318 Å². The molecule has 0 amide bonds. The van der Waals surface area contributed by atoms with Crippen LogP contribution in [-0.4, -0.2) is 202 Å². The first-order chi connectivity index (χ1) is 62.3. The molecule has 0 spiro atoms. The largest absolute Gasteiger partial charge is 0.465 e. The molecule has 26 nitrogen and oxygen atoms in total. The summed E-state index contributed by atoms with van der Waals surface area (Å²) in [5, 5.41) is 0. The molecule has 0 saturated heterocycles. The molecule has 26 heteroatoms. The van der Waals surface area contributed by atoms with Crippen LogP contribution in [0, 0.1) is 65.0 Å². The van der Waals surface area contributed by atoms with Gasteiger partial charge >= 0.3 is 59.7 Å². The number of carbonyl (C=O) groups is 10. The Balaban J connectivity index is 0.000000812. The van der Waals surface area contributed by atoms with Gasteiger partial charge in [0.2, 0.25) is 0 Å². The second kappa shape index (κ2) is 55.8. The summed E-state index contributed by atoms with van der Waals surface area (Å²) in [6.07, 6.45) is 31.5. The zero-order valence-electron chi connectivity index (χ0n) is 92.4. The van der Waals surface area contributed by atoms with Crippen molar-refractivity contribution < 1.29 is 124 Å². The van der Waals surface area contributed by atoms with E-state index in [4.69, 9.17) is 75.8 Å². The van der Waals surface area contributed by atoms with Gasteiger partial charge in [-0.2, -0.15) is 0 Å². The van der Waals surface area contributed by atoms with Crippen molar-refractivity contribution in [2.75, 3.05) is 109 Å². The lowest BCUT2D eigenvalue weighted by Gasteiger charge is -2.49. The summed E-state index contributed by atoms with van der Waals surface area (Å²) in [7, 11) is 10.1. The third-order valence-electron chi connectivity index (χ3n) is 31.8. The molecule has 0 atom stereocenters. The number of methoxy groups -OCH3 is 6. The number of hydrogen-bond donors (Lipinski definition) is 0. The molecular weight excluding hydrogens is 1730 g/mol. The van der Waals surface area contributed by atoms with Gasteiger partial charge in [-0.3, -0.25) is 38.4 Å². The highest BCUT2D eigenvalue weighted by molar-refractivity contribution is 5.82. The zero-order valence-corrected chi connectivity index (χ0v) is 92.4. The number of esters is 10. The maximum atomic E-state index is 12.6. The second-order valence-electron chi connectivity index (χ2n) is 47.2. The minimum atomic E-state index is -0.585. The number of hydrogen-bond acceptors (Lipinski definition) is 26. The Hall–Kier alpha value is -5.54. The molecule has 0 aromatic heterocycles. The second-order valence-corrected chi connectivity index (χ2v) is 47.2. The highest BCUT2D eigenvalue weighted by atomic mass is 16.6. The van der Waals surface area contributed by atoms with Gasteiger partial charge in [-0.15, -0.1) is 0 Å². The van der Waals surface area contributed by atoms with Crippen molar-refractivity contribution in [1.82, 2.24) is 0 Å². The first-order valence-corrected chi connectivity index (χ1v) is 51.3. The predicted molar refractivity (Wildman–Crippen MR) is 529 cm³/mol. The zero-order chi connectivity index (χ0) is 104. The summed E-state index contributed by atoms with van der Waals surface area (Å²) in [5.74, 6) is -2.95. The lowest BCUT2D eigenvalue weighted by Crippen LogP contribution is -2.53. The SMILES string of the molecule is CCC(C)(C)C(=O)OC1(C(C)(C)COC)CCCC1.CCC(C)(C)C(=O)OC1(C(C)(C)COC)CCCCC1.CCC(C)(C)C(=O)OCC(=O)OC1(C(C)(C)COC)CCCC1.CCC(C)(C)C(=O)OCC(=O)OC1(C(C)(C)COC)CCCCC1.CCC(C)(C)C(=O)OCCC(=O)OC1(C(C)(C)COC)CCCC1.CCC(C)(C)C(=O)OCCC(=O)OC1(C(C)(C)COC)CCCCC1. The summed E-state index contributed by atoms with van der Waals surface area (Å²) < 4.78 is 88.7. The van der Waals surface area contributed by atoms with E-state index in [1.54, 1.807) is 56.5 Å². The van der Waals surface area contributed by atoms with Gasteiger partial charge in [0.05, 0.1) is 85.0 Å². The first-order valence-electron chi connectivity index (χ1n) is 51.3. The number of carbonyl (C=O) groups excluding carboxylic acids is 10. The molecule has 6 saturated carbocycles. The summed E-state index contributed by atoms with van der Waals surface area (Å²) in [4.78, 5) is 122. The van der Waals surface area contributed by atoms with Crippen LogP contribution < -0.4 is 0 Å². The standard InChI is InChI=1S/C20H36O5.2C19H34O5.C18H32O5.C17H32O3.C16H30O3/c1-7-18(2,3)17(22)24-14-11-16(21)25-20(12-9-8-10-13-20)19(4,5)15-23-6;1-7-17(2,3)16(21)23-13-10-15(20)24-19(11-8-9-12-19)18(4,5)14-22-6;1-7-17(2,3)16(21)23-13-15(20)24-19(11-9-8-10-12-19)18(4,5)14-22-6;1-7-16(2,3)15(20)22-12-14(19)23-18(10-8-9-11-18)17(4,5)13-21-6;1-7-15(2,3)14(18)20-17(11-9-8-10-12-17)16(4,5)13-19-6;1-7-14(2,3)13(17)19-16(10-8-9-11-16)15(4,5)12-18-6/h7-15H2,1-6H3;2*7-14H2,1-6H3;7-13H2,1-6H3;7-13H2,1-6H3;7-12H2,1-6H3. The molecule has 0 unspecified atom stereocenters. The van der Waals surface area contributed by atoms with Crippen LogP contribution in [0.5, 0.6) is 0 Å². The van der Waals surface area contributed by atoms with E-state index >= 15 is 0 Å². The van der Waals surface area contributed by atoms with E-state index in [1.165, 1.54) is 12.8 Å². The van der Waals surface area contributed by atoms with Gasteiger partial charge < -0.3 is 75.8 Å². The van der Waals surface area contributed by atoms with Crippen molar-refractivity contribution in [1.29, 1.82) is 0 Å². The van der Waals surface area contributed by atoms with Gasteiger partial charge in [0, 0.05) is 75.1 Å². The van der Waals surface area contributed by atoms with Crippen molar-refractivity contribution in [3.63, 3.8) is 0 Å². The molecule has 6 aliphatic carbocycles. The molecule has 0 heterocycles. The molecule has 135 heavy (non-hydrogen) atoms. The molecule has 6 rings (SSSR count). The Morgan fingerprint density at radius 1 is 0.200 bits per heavy atom. The van der Waals surface area contributed by atoms with E-state index in [-0.39, 0.29) is 131 Å². The van der Waals surface area contributed by atoms with Crippen LogP contribution in [0.15, 0.2) is 0 Å². The number of ether oxygens (including phenoxy) is 16. The van der Waals surface area contributed by atoms with E-state index < -0.39 is 66.8 Å². The maximum absolute atomic E-state index is 12.6. The summed E-state index contributed by atoms with van der Waals surface area (Å²) in [5.41, 5.74) is -7.15. The highest BCUT2D eigenvalue weighted by Gasteiger charge is 2.57. The quantitative estimate of drug-likeness (QED) is 0.0404. The normalized spacial score (nSPS) is 18.3.